The number of carbonyl (C=O) groups is 2. The van der Waals surface area contributed by atoms with Gasteiger partial charge in [0.25, 0.3) is 0 Å². The minimum atomic E-state index is -0.450. The smallest absolute Gasteiger partial charge is 0.237 e. The molecule has 8 heteroatoms. The first kappa shape index (κ1) is 21.0. The minimum Gasteiger partial charge on any atom is -0.356 e. The number of aryl methyl sites for hydroxylation is 2. The molecule has 2 aromatic carbocycles. The SMILES string of the molecule is Cc1ccc(CN2CCNC(=O)C2CC(=O)NCCCn2nnc3ccccc32)cc1. The molecule has 2 amide bonds. The van der Waals surface area contributed by atoms with Crippen LogP contribution < -0.4 is 10.6 Å². The molecule has 1 fully saturated rings. The summed E-state index contributed by atoms with van der Waals surface area (Å²) in [6.45, 7) is 5.25. The summed E-state index contributed by atoms with van der Waals surface area (Å²) in [5, 5.41) is 14.1. The lowest BCUT2D eigenvalue weighted by Crippen LogP contribution is -2.56. The Bertz CT molecular complexity index is 1050. The first-order chi connectivity index (χ1) is 15.1. The fraction of sp³-hybridized carbons (Fsp3) is 0.391. The minimum absolute atomic E-state index is 0.0809. The molecule has 162 valence electrons. The van der Waals surface area contributed by atoms with Crippen LogP contribution in [0.3, 0.4) is 0 Å². The second kappa shape index (κ2) is 9.70. The summed E-state index contributed by atoms with van der Waals surface area (Å²) in [6, 6.07) is 15.6. The van der Waals surface area contributed by atoms with Crippen molar-refractivity contribution in [1.82, 2.24) is 30.5 Å². The average molecular weight is 421 g/mol. The topological polar surface area (TPSA) is 92.2 Å². The molecule has 1 unspecified atom stereocenters. The lowest BCUT2D eigenvalue weighted by molar-refractivity contribution is -0.134. The van der Waals surface area contributed by atoms with Crippen molar-refractivity contribution >= 4 is 22.8 Å². The number of amides is 2. The molecule has 4 rings (SSSR count). The van der Waals surface area contributed by atoms with Gasteiger partial charge in [-0.1, -0.05) is 47.2 Å². The van der Waals surface area contributed by atoms with Crippen LogP contribution in [0.5, 0.6) is 0 Å². The van der Waals surface area contributed by atoms with E-state index in [1.165, 1.54) is 5.56 Å². The van der Waals surface area contributed by atoms with Crippen LogP contribution in [-0.4, -0.2) is 57.4 Å². The zero-order chi connectivity index (χ0) is 21.6. The maximum Gasteiger partial charge on any atom is 0.237 e. The van der Waals surface area contributed by atoms with Gasteiger partial charge in [0.1, 0.15) is 5.52 Å². The normalized spacial score (nSPS) is 16.9. The molecule has 2 heterocycles. The molecule has 1 aliphatic rings. The quantitative estimate of drug-likeness (QED) is 0.541. The molecule has 2 N–H and O–H groups in total. The summed E-state index contributed by atoms with van der Waals surface area (Å²) >= 11 is 0. The summed E-state index contributed by atoms with van der Waals surface area (Å²) in [5.41, 5.74) is 4.20. The van der Waals surface area contributed by atoms with Crippen LogP contribution in [0.4, 0.5) is 0 Å². The number of piperazine rings is 1. The number of benzene rings is 2. The molecule has 1 aliphatic heterocycles. The van der Waals surface area contributed by atoms with Gasteiger partial charge >= 0.3 is 0 Å². The van der Waals surface area contributed by atoms with Gasteiger partial charge in [0.2, 0.25) is 11.8 Å². The molecule has 31 heavy (non-hydrogen) atoms. The summed E-state index contributed by atoms with van der Waals surface area (Å²) in [4.78, 5) is 27.1. The number of fused-ring (bicyclic) bond motifs is 1. The largest absolute Gasteiger partial charge is 0.356 e. The van der Waals surface area contributed by atoms with Gasteiger partial charge in [-0.15, -0.1) is 5.10 Å². The highest BCUT2D eigenvalue weighted by atomic mass is 16.2. The summed E-state index contributed by atoms with van der Waals surface area (Å²) in [7, 11) is 0. The lowest BCUT2D eigenvalue weighted by Gasteiger charge is -2.34. The fourth-order valence-corrected chi connectivity index (χ4v) is 3.89. The van der Waals surface area contributed by atoms with E-state index in [0.717, 1.165) is 29.6 Å². The summed E-state index contributed by atoms with van der Waals surface area (Å²) in [5.74, 6) is -0.193. The highest BCUT2D eigenvalue weighted by molar-refractivity contribution is 5.88. The first-order valence-corrected chi connectivity index (χ1v) is 10.7. The van der Waals surface area contributed by atoms with Crippen molar-refractivity contribution in [3.8, 4) is 0 Å². The van der Waals surface area contributed by atoms with Crippen LogP contribution >= 0.6 is 0 Å². The maximum atomic E-state index is 12.5. The highest BCUT2D eigenvalue weighted by Gasteiger charge is 2.31. The molecule has 0 radical (unpaired) electrons. The molecular weight excluding hydrogens is 392 g/mol. The Kier molecular flexibility index (Phi) is 6.57. The fourth-order valence-electron chi connectivity index (χ4n) is 3.89. The number of hydrogen-bond donors (Lipinski definition) is 2. The van der Waals surface area contributed by atoms with E-state index >= 15 is 0 Å². The Morgan fingerprint density at radius 2 is 2.00 bits per heavy atom. The summed E-state index contributed by atoms with van der Waals surface area (Å²) < 4.78 is 1.85. The summed E-state index contributed by atoms with van der Waals surface area (Å²) in [6.07, 6.45) is 0.896. The maximum absolute atomic E-state index is 12.5. The Balaban J connectivity index is 1.27. The zero-order valence-corrected chi connectivity index (χ0v) is 17.8. The number of nitrogens with zero attached hydrogens (tertiary/aromatic N) is 4. The number of rotatable bonds is 8. The van der Waals surface area contributed by atoms with E-state index in [2.05, 4.69) is 57.0 Å². The van der Waals surface area contributed by atoms with E-state index < -0.39 is 6.04 Å². The molecule has 0 aliphatic carbocycles. The van der Waals surface area contributed by atoms with E-state index in [0.29, 0.717) is 26.2 Å². The third-order valence-corrected chi connectivity index (χ3v) is 5.62. The van der Waals surface area contributed by atoms with Crippen LogP contribution in [0.1, 0.15) is 24.0 Å². The van der Waals surface area contributed by atoms with Gasteiger partial charge < -0.3 is 10.6 Å². The van der Waals surface area contributed by atoms with Gasteiger partial charge in [0.05, 0.1) is 18.0 Å². The molecule has 3 aromatic rings. The van der Waals surface area contributed by atoms with Crippen molar-refractivity contribution in [1.29, 1.82) is 0 Å². The standard InChI is InChI=1S/C23H28N6O2/c1-17-7-9-18(10-8-17)16-28-14-12-25-23(31)21(28)15-22(30)24-11-4-13-29-20-6-3-2-5-19(20)26-27-29/h2-3,5-10,21H,4,11-16H2,1H3,(H,24,30)(H,25,31). The van der Waals surface area contributed by atoms with E-state index in [-0.39, 0.29) is 18.2 Å². The monoisotopic (exact) mass is 420 g/mol. The van der Waals surface area contributed by atoms with E-state index in [1.54, 1.807) is 0 Å². The van der Waals surface area contributed by atoms with Crippen molar-refractivity contribution < 1.29 is 9.59 Å². The van der Waals surface area contributed by atoms with E-state index in [9.17, 15) is 9.59 Å². The van der Waals surface area contributed by atoms with Crippen molar-refractivity contribution in [2.75, 3.05) is 19.6 Å². The third kappa shape index (κ3) is 5.27. The number of carbonyl (C=O) groups excluding carboxylic acids is 2. The first-order valence-electron chi connectivity index (χ1n) is 10.7. The van der Waals surface area contributed by atoms with Crippen LogP contribution in [0.25, 0.3) is 11.0 Å². The molecular formula is C23H28N6O2. The van der Waals surface area contributed by atoms with Crippen LogP contribution in [0.2, 0.25) is 0 Å². The number of nitrogens with one attached hydrogen (secondary N) is 2. The molecule has 0 bridgehead atoms. The second-order valence-electron chi connectivity index (χ2n) is 7.97. The Labute approximate surface area is 181 Å². The van der Waals surface area contributed by atoms with Crippen molar-refractivity contribution in [2.45, 2.75) is 38.9 Å². The number of para-hydroxylation sites is 1. The molecule has 1 aromatic heterocycles. The molecule has 8 nitrogen and oxygen atoms in total. The van der Waals surface area contributed by atoms with Crippen LogP contribution in [0.15, 0.2) is 48.5 Å². The van der Waals surface area contributed by atoms with Gasteiger partial charge in [-0.25, -0.2) is 4.68 Å². The third-order valence-electron chi connectivity index (χ3n) is 5.62. The van der Waals surface area contributed by atoms with Gasteiger partial charge in [-0.3, -0.25) is 14.5 Å². The van der Waals surface area contributed by atoms with Gasteiger partial charge in [-0.05, 0) is 31.0 Å². The molecule has 0 spiro atoms. The van der Waals surface area contributed by atoms with E-state index in [4.69, 9.17) is 0 Å². The van der Waals surface area contributed by atoms with Crippen LogP contribution in [0, 0.1) is 6.92 Å². The van der Waals surface area contributed by atoms with Crippen LogP contribution in [-0.2, 0) is 22.7 Å². The van der Waals surface area contributed by atoms with Crippen molar-refractivity contribution in [2.24, 2.45) is 0 Å². The van der Waals surface area contributed by atoms with Gasteiger partial charge in [0, 0.05) is 32.7 Å². The van der Waals surface area contributed by atoms with E-state index in [1.807, 2.05) is 28.9 Å². The average Bonchev–Trinajstić information content (AvgIpc) is 3.18. The lowest BCUT2D eigenvalue weighted by atomic mass is 10.1. The highest BCUT2D eigenvalue weighted by Crippen LogP contribution is 2.15. The zero-order valence-electron chi connectivity index (χ0n) is 17.8. The predicted octanol–water partition coefficient (Wildman–Crippen LogP) is 1.64. The Hall–Kier alpha value is -3.26. The molecule has 1 atom stereocenters. The molecule has 1 saturated heterocycles. The Morgan fingerprint density at radius 1 is 1.19 bits per heavy atom. The van der Waals surface area contributed by atoms with Crippen molar-refractivity contribution in [3.63, 3.8) is 0 Å². The molecule has 0 saturated carbocycles. The number of aromatic nitrogens is 3. The number of hydrogen-bond acceptors (Lipinski definition) is 5. The van der Waals surface area contributed by atoms with Gasteiger partial charge in [-0.2, -0.15) is 0 Å². The second-order valence-corrected chi connectivity index (χ2v) is 7.97. The Morgan fingerprint density at radius 3 is 2.84 bits per heavy atom. The van der Waals surface area contributed by atoms with Crippen molar-refractivity contribution in [3.05, 3.63) is 59.7 Å². The van der Waals surface area contributed by atoms with Gasteiger partial charge in [0.15, 0.2) is 0 Å². The predicted molar refractivity (Wildman–Crippen MR) is 118 cm³/mol.